The van der Waals surface area contributed by atoms with Crippen LogP contribution in [0, 0.1) is 0 Å². The summed E-state index contributed by atoms with van der Waals surface area (Å²) in [6, 6.07) is 23.6. The highest BCUT2D eigenvalue weighted by Gasteiger charge is 2.45. The van der Waals surface area contributed by atoms with Gasteiger partial charge in [-0.1, -0.05) is 216 Å². The molecule has 69 heavy (non-hydrogen) atoms. The van der Waals surface area contributed by atoms with Crippen molar-refractivity contribution in [2.24, 2.45) is 0 Å². The van der Waals surface area contributed by atoms with E-state index < -0.39 is 0 Å². The van der Waals surface area contributed by atoms with Crippen molar-refractivity contribution in [1.82, 2.24) is 9.97 Å². The summed E-state index contributed by atoms with van der Waals surface area (Å²) >= 11 is 18.4. The van der Waals surface area contributed by atoms with Crippen molar-refractivity contribution < 1.29 is 9.47 Å². The van der Waals surface area contributed by atoms with Crippen LogP contribution in [0.4, 0.5) is 0 Å². The Kier molecular flexibility index (Phi) is 21.7. The van der Waals surface area contributed by atoms with Crippen molar-refractivity contribution in [2.75, 3.05) is 13.2 Å². The van der Waals surface area contributed by atoms with Crippen molar-refractivity contribution in [1.29, 1.82) is 0 Å². The smallest absolute Gasteiger partial charge is 0.119 e. The van der Waals surface area contributed by atoms with E-state index in [1.807, 2.05) is 34.8 Å². The molecule has 3 aromatic heterocycles. The molecule has 3 heterocycles. The largest absolute Gasteiger partial charge is 0.494 e. The van der Waals surface area contributed by atoms with Crippen LogP contribution in [-0.2, 0) is 5.41 Å². The molecule has 0 saturated carbocycles. The van der Waals surface area contributed by atoms with Gasteiger partial charge in [-0.2, -0.15) is 0 Å². The van der Waals surface area contributed by atoms with Crippen molar-refractivity contribution in [3.05, 3.63) is 93.3 Å². The number of thiophene rings is 2. The minimum Gasteiger partial charge on any atom is -0.494 e. The van der Waals surface area contributed by atoms with Crippen molar-refractivity contribution >= 4 is 56.9 Å². The maximum atomic E-state index is 7.45. The Morgan fingerprint density at radius 1 is 0.507 bits per heavy atom. The van der Waals surface area contributed by atoms with E-state index in [1.54, 1.807) is 5.56 Å². The number of nitrogens with zero attached hydrogens (tertiary/aromatic N) is 2. The van der Waals surface area contributed by atoms with Crippen LogP contribution in [0.3, 0.4) is 0 Å². The van der Waals surface area contributed by atoms with Gasteiger partial charge in [0.2, 0.25) is 0 Å². The number of aromatic nitrogens is 2. The van der Waals surface area contributed by atoms with Crippen LogP contribution in [0.1, 0.15) is 206 Å². The average Bonchev–Trinajstić information content (AvgIpc) is 4.09. The first-order chi connectivity index (χ1) is 33.9. The monoisotopic (exact) mass is 1010 g/mol. The van der Waals surface area contributed by atoms with Gasteiger partial charge in [-0.15, -0.1) is 22.7 Å². The molecule has 1 aliphatic rings. The van der Waals surface area contributed by atoms with Crippen molar-refractivity contribution in [3.8, 4) is 54.2 Å². The van der Waals surface area contributed by atoms with E-state index in [1.165, 1.54) is 169 Å². The lowest BCUT2D eigenvalue weighted by atomic mass is 9.71. The molecule has 8 heteroatoms. The van der Waals surface area contributed by atoms with Gasteiger partial charge in [0.05, 0.1) is 45.7 Å². The average molecular weight is 1010 g/mol. The minimum atomic E-state index is -0.00210. The van der Waals surface area contributed by atoms with Crippen LogP contribution in [0.5, 0.6) is 11.5 Å². The summed E-state index contributed by atoms with van der Waals surface area (Å²) in [5, 5.41) is 3.34. The number of benzene rings is 3. The van der Waals surface area contributed by atoms with Gasteiger partial charge >= 0.3 is 0 Å². The summed E-state index contributed by atoms with van der Waals surface area (Å²) in [6.45, 7) is 10.5. The van der Waals surface area contributed by atoms with Crippen LogP contribution >= 0.6 is 45.9 Å². The molecule has 0 radical (unpaired) electrons. The fraction of sp³-hybridized carbons (Fsp3) is 0.541. The molecule has 1 aliphatic carbocycles. The van der Waals surface area contributed by atoms with E-state index >= 15 is 0 Å². The second-order valence-electron chi connectivity index (χ2n) is 19.8. The Bertz CT molecular complexity index is 2480. The van der Waals surface area contributed by atoms with Gasteiger partial charge in [0.15, 0.2) is 0 Å². The van der Waals surface area contributed by atoms with Gasteiger partial charge in [0, 0.05) is 36.7 Å². The molecule has 4 nitrogen and oxygen atoms in total. The number of hydrogen-bond donors (Lipinski definition) is 0. The number of hydrogen-bond acceptors (Lipinski definition) is 6. The first-order valence-corrected chi connectivity index (χ1v) is 29.8. The lowest BCUT2D eigenvalue weighted by Gasteiger charge is -2.31. The highest BCUT2D eigenvalue weighted by atomic mass is 35.5. The third kappa shape index (κ3) is 14.0. The van der Waals surface area contributed by atoms with Crippen molar-refractivity contribution in [3.63, 3.8) is 0 Å². The molecule has 0 unspecified atom stereocenters. The number of fused-ring (bicyclic) bond motifs is 4. The Morgan fingerprint density at radius 2 is 1.00 bits per heavy atom. The molecule has 0 amide bonds. The number of unbranched alkanes of at least 4 members (excludes halogenated alkanes) is 20. The Hall–Kier alpha value is -3.42. The Labute approximate surface area is 434 Å². The van der Waals surface area contributed by atoms with E-state index in [2.05, 4.69) is 87.7 Å². The Balaban J connectivity index is 1.28. The highest BCUT2D eigenvalue weighted by Crippen LogP contribution is 2.61. The second-order valence-corrected chi connectivity index (χ2v) is 22.5. The van der Waals surface area contributed by atoms with Gasteiger partial charge in [-0.25, -0.2) is 9.97 Å². The number of rotatable bonds is 33. The fourth-order valence-electron chi connectivity index (χ4n) is 10.5. The summed E-state index contributed by atoms with van der Waals surface area (Å²) in [4.78, 5) is 15.1. The standard InChI is InChI=1S/C61H80Cl2N2O2S2/c1-5-9-13-17-21-25-36-61(37-26-22-18-14-10-6-2)49-35-40-68-59(49)60-50(61)43-53(69-60)54-55(63)51(62)44-52-58(54)65-57(46-32-30-34-48(42-46)67-39-28-24-20-16-12-8-4)56(64-52)45-31-29-33-47(41-45)66-38-27-23-19-15-11-7-3/h29-35,40-44H,5-28,36-39H2,1-4H3. The molecule has 0 spiro atoms. The molecule has 0 bridgehead atoms. The molecule has 0 saturated heterocycles. The summed E-state index contributed by atoms with van der Waals surface area (Å²) in [6.07, 6.45) is 32.6. The number of ether oxygens (including phenoxy) is 2. The first kappa shape index (κ1) is 53.4. The molecule has 7 rings (SSSR count). The Morgan fingerprint density at radius 3 is 1.54 bits per heavy atom. The topological polar surface area (TPSA) is 44.2 Å². The molecule has 0 fully saturated rings. The fourth-order valence-corrected chi connectivity index (χ4v) is 13.5. The van der Waals surface area contributed by atoms with E-state index in [4.69, 9.17) is 42.6 Å². The zero-order valence-corrected chi connectivity index (χ0v) is 45.7. The summed E-state index contributed by atoms with van der Waals surface area (Å²) in [5.41, 5.74) is 8.84. The normalized spacial score (nSPS) is 12.8. The molecule has 0 N–H and O–H groups in total. The van der Waals surface area contributed by atoms with Crippen LogP contribution in [0.25, 0.3) is 53.7 Å². The summed E-state index contributed by atoms with van der Waals surface area (Å²) in [5.74, 6) is 1.68. The zero-order valence-electron chi connectivity index (χ0n) is 42.5. The van der Waals surface area contributed by atoms with Gasteiger partial charge in [-0.05, 0) is 84.7 Å². The SMILES string of the molecule is CCCCCCCCOc1cccc(-c2nc3cc(Cl)c(Cl)c(-c4cc5c(s4)-c4sccc4C5(CCCCCCCC)CCCCCCCC)c3nc2-c2cccc(OCCCCCCCC)c2)c1. The van der Waals surface area contributed by atoms with Crippen LogP contribution in [0.2, 0.25) is 10.0 Å². The van der Waals surface area contributed by atoms with E-state index in [0.717, 1.165) is 68.3 Å². The van der Waals surface area contributed by atoms with Crippen LogP contribution < -0.4 is 9.47 Å². The van der Waals surface area contributed by atoms with Crippen molar-refractivity contribution in [2.45, 2.75) is 200 Å². The maximum absolute atomic E-state index is 7.45. The van der Waals surface area contributed by atoms with Gasteiger partial charge in [-0.3, -0.25) is 0 Å². The molecule has 372 valence electrons. The molecule has 0 atom stereocenters. The number of halogens is 2. The van der Waals surface area contributed by atoms with E-state index in [-0.39, 0.29) is 5.41 Å². The van der Waals surface area contributed by atoms with E-state index in [0.29, 0.717) is 23.3 Å². The molecule has 0 aliphatic heterocycles. The molecular formula is C61H80Cl2N2O2S2. The van der Waals surface area contributed by atoms with Gasteiger partial charge in [0.1, 0.15) is 11.5 Å². The van der Waals surface area contributed by atoms with Crippen LogP contribution in [0.15, 0.2) is 72.1 Å². The highest BCUT2D eigenvalue weighted by molar-refractivity contribution is 7.24. The maximum Gasteiger partial charge on any atom is 0.119 e. The summed E-state index contributed by atoms with van der Waals surface area (Å²) < 4.78 is 12.8. The quantitative estimate of drug-likeness (QED) is 0.0385. The van der Waals surface area contributed by atoms with Gasteiger partial charge in [0.25, 0.3) is 0 Å². The summed E-state index contributed by atoms with van der Waals surface area (Å²) in [7, 11) is 0. The first-order valence-electron chi connectivity index (χ1n) is 27.3. The molecular weight excluding hydrogens is 928 g/mol. The lowest BCUT2D eigenvalue weighted by Crippen LogP contribution is -2.24. The molecule has 6 aromatic rings. The molecule has 3 aromatic carbocycles. The zero-order chi connectivity index (χ0) is 48.3. The predicted molar refractivity (Wildman–Crippen MR) is 302 cm³/mol. The third-order valence-corrected chi connectivity index (χ3v) is 17.4. The second kappa shape index (κ2) is 28.0. The van der Waals surface area contributed by atoms with E-state index in [9.17, 15) is 0 Å². The third-order valence-electron chi connectivity index (χ3n) is 14.4. The minimum absolute atomic E-state index is 0.00210. The lowest BCUT2D eigenvalue weighted by molar-refractivity contribution is 0.304. The van der Waals surface area contributed by atoms with Crippen LogP contribution in [-0.4, -0.2) is 23.2 Å². The predicted octanol–water partition coefficient (Wildman–Crippen LogP) is 21.3. The van der Waals surface area contributed by atoms with Gasteiger partial charge < -0.3 is 9.47 Å².